The third-order valence-electron chi connectivity index (χ3n) is 6.36. The number of benzene rings is 1. The number of carbonyl (C=O) groups is 2. The average Bonchev–Trinajstić information content (AvgIpc) is 2.88. The highest BCUT2D eigenvalue weighted by Gasteiger charge is 2.39. The summed E-state index contributed by atoms with van der Waals surface area (Å²) < 4.78 is 6.02. The number of carbonyl (C=O) groups excluding carboxylic acids is 2. The van der Waals surface area contributed by atoms with Gasteiger partial charge in [-0.3, -0.25) is 9.59 Å². The molecule has 0 atom stereocenters. The Labute approximate surface area is 165 Å². The molecule has 150 valence electrons. The van der Waals surface area contributed by atoms with Crippen LogP contribution in [0.5, 0.6) is 0 Å². The van der Waals surface area contributed by atoms with Crippen LogP contribution in [0.3, 0.4) is 0 Å². The molecule has 6 heteroatoms. The number of rotatable bonds is 2. The van der Waals surface area contributed by atoms with Crippen molar-refractivity contribution in [2.75, 3.05) is 26.2 Å². The van der Waals surface area contributed by atoms with E-state index in [0.29, 0.717) is 39.1 Å². The number of fused-ring (bicyclic) bond motifs is 1. The van der Waals surface area contributed by atoms with Gasteiger partial charge in [0.25, 0.3) is 0 Å². The number of nitrogens with one attached hydrogen (secondary N) is 2. The molecular weight excluding hydrogens is 354 g/mol. The molecule has 0 aliphatic carbocycles. The number of piperidine rings is 1. The van der Waals surface area contributed by atoms with Crippen molar-refractivity contribution in [2.24, 2.45) is 0 Å². The second kappa shape index (κ2) is 7.24. The van der Waals surface area contributed by atoms with Crippen molar-refractivity contribution in [3.05, 3.63) is 34.5 Å². The fourth-order valence-corrected chi connectivity index (χ4v) is 4.64. The monoisotopic (exact) mass is 383 g/mol. The molecule has 4 rings (SSSR count). The van der Waals surface area contributed by atoms with E-state index in [4.69, 9.17) is 4.74 Å². The highest BCUT2D eigenvalue weighted by atomic mass is 16.5. The van der Waals surface area contributed by atoms with Crippen molar-refractivity contribution in [3.8, 4) is 0 Å². The van der Waals surface area contributed by atoms with Gasteiger partial charge in [0.2, 0.25) is 11.8 Å². The number of hydrogen-bond donors (Lipinski definition) is 2. The number of aromatic nitrogens is 1. The van der Waals surface area contributed by atoms with Crippen molar-refractivity contribution in [3.63, 3.8) is 0 Å². The highest BCUT2D eigenvalue weighted by molar-refractivity contribution is 5.94. The van der Waals surface area contributed by atoms with Crippen LogP contribution in [0.1, 0.15) is 41.6 Å². The number of likely N-dealkylation sites (tertiary alicyclic amines) is 1. The predicted octanol–water partition coefficient (Wildman–Crippen LogP) is 2.53. The van der Waals surface area contributed by atoms with E-state index in [9.17, 15) is 9.59 Å². The smallest absolute Gasteiger partial charge is 0.227 e. The van der Waals surface area contributed by atoms with Crippen LogP contribution in [0.25, 0.3) is 10.9 Å². The van der Waals surface area contributed by atoms with Gasteiger partial charge < -0.3 is 19.9 Å². The summed E-state index contributed by atoms with van der Waals surface area (Å²) >= 11 is 0. The minimum absolute atomic E-state index is 0.0533. The quantitative estimate of drug-likeness (QED) is 0.837. The maximum atomic E-state index is 13.1. The molecule has 6 nitrogen and oxygen atoms in total. The van der Waals surface area contributed by atoms with Crippen LogP contribution in [0.4, 0.5) is 0 Å². The van der Waals surface area contributed by atoms with Gasteiger partial charge in [0, 0.05) is 36.2 Å². The molecule has 0 bridgehead atoms. The first-order chi connectivity index (χ1) is 13.4. The molecule has 2 N–H and O–H groups in total. The zero-order valence-corrected chi connectivity index (χ0v) is 17.0. The van der Waals surface area contributed by atoms with Gasteiger partial charge >= 0.3 is 0 Å². The van der Waals surface area contributed by atoms with Gasteiger partial charge in [0.1, 0.15) is 0 Å². The summed E-state index contributed by atoms with van der Waals surface area (Å²) in [5.74, 6) is 0.204. The Morgan fingerprint density at radius 3 is 2.64 bits per heavy atom. The second-order valence-electron chi connectivity index (χ2n) is 8.29. The number of hydrogen-bond acceptors (Lipinski definition) is 3. The molecule has 1 aromatic heterocycles. The zero-order valence-electron chi connectivity index (χ0n) is 17.0. The van der Waals surface area contributed by atoms with E-state index in [1.165, 1.54) is 16.5 Å². The molecule has 1 aromatic carbocycles. The summed E-state index contributed by atoms with van der Waals surface area (Å²) in [4.78, 5) is 30.4. The van der Waals surface area contributed by atoms with Gasteiger partial charge in [0.05, 0.1) is 25.0 Å². The van der Waals surface area contributed by atoms with Gasteiger partial charge in [-0.05, 0) is 50.3 Å². The fraction of sp³-hybridized carbons (Fsp3) is 0.545. The number of nitrogens with zero attached hydrogens (tertiary/aromatic N) is 1. The van der Waals surface area contributed by atoms with Gasteiger partial charge in [-0.25, -0.2) is 0 Å². The molecule has 2 fully saturated rings. The van der Waals surface area contributed by atoms with E-state index in [1.807, 2.05) is 11.8 Å². The number of amides is 2. The molecule has 2 amide bonds. The fourth-order valence-electron chi connectivity index (χ4n) is 4.64. The SMILES string of the molecule is Cc1[nH]c2c(C)ccc(C)c2c1CC(=O)N1CCC2(CC1)CC(=O)NCCO2. The Balaban J connectivity index is 1.49. The molecule has 1 spiro atoms. The second-order valence-corrected chi connectivity index (χ2v) is 8.29. The Kier molecular flexibility index (Phi) is 4.91. The van der Waals surface area contributed by atoms with E-state index >= 15 is 0 Å². The van der Waals surface area contributed by atoms with Crippen LogP contribution < -0.4 is 5.32 Å². The van der Waals surface area contributed by atoms with Gasteiger partial charge in [0.15, 0.2) is 0 Å². The molecular formula is C22H29N3O3. The topological polar surface area (TPSA) is 74.4 Å². The van der Waals surface area contributed by atoms with Crippen molar-refractivity contribution in [1.82, 2.24) is 15.2 Å². The van der Waals surface area contributed by atoms with Crippen LogP contribution in [0, 0.1) is 20.8 Å². The van der Waals surface area contributed by atoms with Crippen molar-refractivity contribution < 1.29 is 14.3 Å². The van der Waals surface area contributed by atoms with E-state index < -0.39 is 5.60 Å². The van der Waals surface area contributed by atoms with Crippen LogP contribution in [-0.4, -0.2) is 53.5 Å². The van der Waals surface area contributed by atoms with E-state index in [-0.39, 0.29) is 11.8 Å². The largest absolute Gasteiger partial charge is 0.372 e. The standard InChI is InChI=1S/C22H29N3O3/c1-14-4-5-15(2)21-20(14)17(16(3)24-21)12-19(27)25-9-6-22(7-10-25)13-18(26)23-8-11-28-22/h4-5,24H,6-13H2,1-3H3,(H,23,26). The third kappa shape index (κ3) is 3.41. The normalized spacial score (nSPS) is 19.7. The molecule has 2 aliphatic heterocycles. The lowest BCUT2D eigenvalue weighted by molar-refractivity contribution is -0.139. The van der Waals surface area contributed by atoms with E-state index in [1.54, 1.807) is 0 Å². The van der Waals surface area contributed by atoms with E-state index in [2.05, 4.69) is 36.3 Å². The molecule has 28 heavy (non-hydrogen) atoms. The number of aromatic amines is 1. The minimum atomic E-state index is -0.401. The first kappa shape index (κ1) is 19.0. The van der Waals surface area contributed by atoms with Gasteiger partial charge in [-0.2, -0.15) is 0 Å². The van der Waals surface area contributed by atoms with Crippen molar-refractivity contribution in [2.45, 2.75) is 52.1 Å². The summed E-state index contributed by atoms with van der Waals surface area (Å²) in [6, 6.07) is 4.24. The summed E-state index contributed by atoms with van der Waals surface area (Å²) in [6.07, 6.45) is 2.24. The summed E-state index contributed by atoms with van der Waals surface area (Å²) in [6.45, 7) is 8.65. The van der Waals surface area contributed by atoms with Crippen LogP contribution >= 0.6 is 0 Å². The molecule has 0 radical (unpaired) electrons. The van der Waals surface area contributed by atoms with Crippen molar-refractivity contribution in [1.29, 1.82) is 0 Å². The molecule has 2 aliphatic rings. The molecule has 2 saturated heterocycles. The Morgan fingerprint density at radius 1 is 1.18 bits per heavy atom. The highest BCUT2D eigenvalue weighted by Crippen LogP contribution is 2.32. The lowest BCUT2D eigenvalue weighted by Crippen LogP contribution is -2.49. The van der Waals surface area contributed by atoms with Crippen molar-refractivity contribution >= 4 is 22.7 Å². The number of ether oxygens (including phenoxy) is 1. The lowest BCUT2D eigenvalue weighted by atomic mass is 9.87. The van der Waals surface area contributed by atoms with Crippen LogP contribution in [-0.2, 0) is 20.7 Å². The third-order valence-corrected chi connectivity index (χ3v) is 6.36. The van der Waals surface area contributed by atoms with Gasteiger partial charge in [-0.1, -0.05) is 12.1 Å². The summed E-state index contributed by atoms with van der Waals surface area (Å²) in [5.41, 5.74) is 5.30. The van der Waals surface area contributed by atoms with Gasteiger partial charge in [-0.15, -0.1) is 0 Å². The Hall–Kier alpha value is -2.34. The maximum Gasteiger partial charge on any atom is 0.227 e. The molecule has 0 saturated carbocycles. The Morgan fingerprint density at radius 2 is 1.89 bits per heavy atom. The molecule has 2 aromatic rings. The summed E-state index contributed by atoms with van der Waals surface area (Å²) in [7, 11) is 0. The number of H-pyrrole nitrogens is 1. The first-order valence-electron chi connectivity index (χ1n) is 10.1. The van der Waals surface area contributed by atoms with Crippen LogP contribution in [0.15, 0.2) is 12.1 Å². The van der Waals surface area contributed by atoms with Crippen LogP contribution in [0.2, 0.25) is 0 Å². The summed E-state index contributed by atoms with van der Waals surface area (Å²) in [5, 5.41) is 4.05. The predicted molar refractivity (Wildman–Crippen MR) is 108 cm³/mol. The molecule has 3 heterocycles. The number of aryl methyl sites for hydroxylation is 3. The van der Waals surface area contributed by atoms with E-state index in [0.717, 1.165) is 29.6 Å². The maximum absolute atomic E-state index is 13.1. The first-order valence-corrected chi connectivity index (χ1v) is 10.1. The zero-order chi connectivity index (χ0) is 19.9. The lowest BCUT2D eigenvalue weighted by Gasteiger charge is -2.40. The molecule has 0 unspecified atom stereocenters. The minimum Gasteiger partial charge on any atom is -0.372 e. The average molecular weight is 383 g/mol. The Bertz CT molecular complexity index is 923.